The molecule has 0 aromatic carbocycles. The molecule has 1 fully saturated rings. The lowest BCUT2D eigenvalue weighted by molar-refractivity contribution is -0.867. The first-order chi connectivity index (χ1) is 5.97. The highest BCUT2D eigenvalue weighted by Crippen LogP contribution is 2.18. The lowest BCUT2D eigenvalue weighted by Gasteiger charge is -2.24. The Morgan fingerprint density at radius 3 is 2.38 bits per heavy atom. The number of likely N-dealkylation sites (tertiary alicyclic amines) is 1. The average molecular weight is 204 g/mol. The summed E-state index contributed by atoms with van der Waals surface area (Å²) in [5, 5.41) is 0. The predicted molar refractivity (Wildman–Crippen MR) is 48.9 cm³/mol. The van der Waals surface area contributed by atoms with Crippen LogP contribution in [0.1, 0.15) is 12.8 Å². The summed E-state index contributed by atoms with van der Waals surface area (Å²) < 4.78 is 26.5. The number of quaternary nitrogens is 1. The van der Waals surface area contributed by atoms with E-state index in [9.17, 15) is 8.42 Å². The maximum absolute atomic E-state index is 10.7. The minimum absolute atomic E-state index is 0.0787. The third-order valence-corrected chi connectivity index (χ3v) is 2.74. The molecule has 1 rings (SSSR count). The summed E-state index contributed by atoms with van der Waals surface area (Å²) in [7, 11) is -3.37. The topological polar surface area (TPSA) is 43.4 Å². The first kappa shape index (κ1) is 10.5. The van der Waals surface area contributed by atoms with Crippen molar-refractivity contribution in [3.8, 4) is 12.5 Å². The van der Waals surface area contributed by atoms with Crippen LogP contribution in [-0.2, 0) is 14.3 Å². The Kier molecular flexibility index (Phi) is 2.96. The van der Waals surface area contributed by atoms with Gasteiger partial charge in [0.05, 0.1) is 19.3 Å². The van der Waals surface area contributed by atoms with E-state index in [-0.39, 0.29) is 6.73 Å². The molecule has 1 aliphatic rings. The molecule has 74 valence electrons. The molecule has 1 heterocycles. The molecule has 1 aliphatic heterocycles. The summed E-state index contributed by atoms with van der Waals surface area (Å²) in [5.74, 6) is 0. The van der Waals surface area contributed by atoms with E-state index in [2.05, 4.69) is 6.04 Å². The van der Waals surface area contributed by atoms with Crippen molar-refractivity contribution in [1.29, 1.82) is 0 Å². The zero-order chi connectivity index (χ0) is 9.95. The zero-order valence-corrected chi connectivity index (χ0v) is 8.51. The molecule has 0 bridgehead atoms. The van der Waals surface area contributed by atoms with Crippen molar-refractivity contribution in [2.75, 3.05) is 26.1 Å². The smallest absolute Gasteiger partial charge is 0.223 e. The van der Waals surface area contributed by atoms with Gasteiger partial charge in [0.1, 0.15) is 6.04 Å². The standard InChI is InChI=1S/C8H14NO3S/c1-3-9(6-4-5-7-9)8-12-13(2,10)11/h1H,4-8H2,2H3/q+1. The first-order valence-electron chi connectivity index (χ1n) is 4.16. The van der Waals surface area contributed by atoms with Gasteiger partial charge < -0.3 is 0 Å². The molecule has 0 aliphatic carbocycles. The van der Waals surface area contributed by atoms with E-state index < -0.39 is 10.1 Å². The Bertz CT molecular complexity index is 309. The Morgan fingerprint density at radius 2 is 2.00 bits per heavy atom. The molecule has 4 nitrogen and oxygen atoms in total. The number of hydrogen-bond donors (Lipinski definition) is 0. The number of rotatable bonds is 3. The highest BCUT2D eigenvalue weighted by atomic mass is 32.2. The van der Waals surface area contributed by atoms with Crippen molar-refractivity contribution in [3.05, 3.63) is 0 Å². The molecule has 1 saturated heterocycles. The van der Waals surface area contributed by atoms with E-state index in [1.807, 2.05) is 0 Å². The zero-order valence-electron chi connectivity index (χ0n) is 7.69. The van der Waals surface area contributed by atoms with Crippen LogP contribution in [0.4, 0.5) is 0 Å². The molecule has 0 unspecified atom stereocenters. The van der Waals surface area contributed by atoms with Gasteiger partial charge in [0.2, 0.25) is 6.73 Å². The van der Waals surface area contributed by atoms with E-state index in [0.717, 1.165) is 32.2 Å². The van der Waals surface area contributed by atoms with E-state index in [4.69, 9.17) is 10.6 Å². The van der Waals surface area contributed by atoms with Crippen molar-refractivity contribution in [3.63, 3.8) is 0 Å². The fraction of sp³-hybridized carbons (Fsp3) is 0.750. The average Bonchev–Trinajstić information content (AvgIpc) is 2.49. The monoisotopic (exact) mass is 204 g/mol. The normalized spacial score (nSPS) is 21.2. The second-order valence-electron chi connectivity index (χ2n) is 3.38. The predicted octanol–water partition coefficient (Wildman–Crippen LogP) is 0.121. The minimum Gasteiger partial charge on any atom is -0.223 e. The van der Waals surface area contributed by atoms with Crippen LogP contribution in [0.3, 0.4) is 0 Å². The summed E-state index contributed by atoms with van der Waals surface area (Å²) in [5.41, 5.74) is 0. The summed E-state index contributed by atoms with van der Waals surface area (Å²) in [6, 6.07) is 2.60. The molecule has 0 N–H and O–H groups in total. The Morgan fingerprint density at radius 1 is 1.46 bits per heavy atom. The van der Waals surface area contributed by atoms with Gasteiger partial charge in [-0.25, -0.2) is 8.67 Å². The molecular formula is C8H14NO3S+. The Labute approximate surface area is 79.2 Å². The molecule has 0 atom stereocenters. The Hall–Kier alpha value is -0.570. The maximum atomic E-state index is 10.7. The fourth-order valence-electron chi connectivity index (χ4n) is 1.43. The number of hydrogen-bond acceptors (Lipinski definition) is 3. The second-order valence-corrected chi connectivity index (χ2v) is 5.02. The highest BCUT2D eigenvalue weighted by Gasteiger charge is 2.32. The Balaban J connectivity index is 2.56. The summed E-state index contributed by atoms with van der Waals surface area (Å²) >= 11 is 0. The largest absolute Gasteiger partial charge is 0.268 e. The van der Waals surface area contributed by atoms with Gasteiger partial charge in [0.25, 0.3) is 10.1 Å². The van der Waals surface area contributed by atoms with E-state index in [1.54, 1.807) is 0 Å². The molecule has 13 heavy (non-hydrogen) atoms. The molecule has 0 aromatic heterocycles. The summed E-state index contributed by atoms with van der Waals surface area (Å²) in [6.07, 6.45) is 8.46. The van der Waals surface area contributed by atoms with Crippen molar-refractivity contribution >= 4 is 10.1 Å². The van der Waals surface area contributed by atoms with Crippen LogP contribution >= 0.6 is 0 Å². The second kappa shape index (κ2) is 3.66. The van der Waals surface area contributed by atoms with Gasteiger partial charge >= 0.3 is 0 Å². The minimum atomic E-state index is -3.37. The lowest BCUT2D eigenvalue weighted by atomic mass is 10.4. The van der Waals surface area contributed by atoms with Gasteiger partial charge in [0.15, 0.2) is 0 Å². The van der Waals surface area contributed by atoms with E-state index in [1.165, 1.54) is 0 Å². The van der Waals surface area contributed by atoms with E-state index in [0.29, 0.717) is 4.48 Å². The summed E-state index contributed by atoms with van der Waals surface area (Å²) in [6.45, 7) is 1.70. The van der Waals surface area contributed by atoms with Crippen LogP contribution in [-0.4, -0.2) is 39.0 Å². The van der Waals surface area contributed by atoms with Crippen LogP contribution < -0.4 is 0 Å². The van der Waals surface area contributed by atoms with Crippen LogP contribution in [0.5, 0.6) is 0 Å². The quantitative estimate of drug-likeness (QED) is 0.372. The molecule has 0 amide bonds. The first-order valence-corrected chi connectivity index (χ1v) is 5.97. The van der Waals surface area contributed by atoms with Gasteiger partial charge in [-0.05, 0) is 0 Å². The van der Waals surface area contributed by atoms with Crippen molar-refractivity contribution in [1.82, 2.24) is 0 Å². The third-order valence-electron chi connectivity index (χ3n) is 2.21. The van der Waals surface area contributed by atoms with Crippen LogP contribution in [0.15, 0.2) is 0 Å². The van der Waals surface area contributed by atoms with Gasteiger partial charge in [-0.15, -0.1) is 0 Å². The van der Waals surface area contributed by atoms with Crippen LogP contribution in [0.25, 0.3) is 0 Å². The molecule has 0 saturated carbocycles. The third kappa shape index (κ3) is 2.99. The molecule has 0 spiro atoms. The van der Waals surface area contributed by atoms with Crippen molar-refractivity contribution in [2.45, 2.75) is 12.8 Å². The number of terminal acetylenes is 1. The van der Waals surface area contributed by atoms with Gasteiger partial charge in [0, 0.05) is 12.8 Å². The van der Waals surface area contributed by atoms with Gasteiger partial charge in [-0.1, -0.05) is 6.42 Å². The van der Waals surface area contributed by atoms with Crippen LogP contribution in [0, 0.1) is 12.5 Å². The molecule has 0 aromatic rings. The van der Waals surface area contributed by atoms with Crippen LogP contribution in [0.2, 0.25) is 0 Å². The number of nitrogens with zero attached hydrogens (tertiary/aromatic N) is 1. The maximum Gasteiger partial charge on any atom is 0.268 e. The summed E-state index contributed by atoms with van der Waals surface area (Å²) in [4.78, 5) is 0. The lowest BCUT2D eigenvalue weighted by Crippen LogP contribution is -2.42. The SMILES string of the molecule is C#C[N+]1(COS(C)(=O)=O)CCCC1. The molecular weight excluding hydrogens is 190 g/mol. The highest BCUT2D eigenvalue weighted by molar-refractivity contribution is 7.85. The molecule has 5 heteroatoms. The van der Waals surface area contributed by atoms with Crippen molar-refractivity contribution in [2.24, 2.45) is 0 Å². The fourth-order valence-corrected chi connectivity index (χ4v) is 1.83. The van der Waals surface area contributed by atoms with Gasteiger partial charge in [-0.2, -0.15) is 8.42 Å². The van der Waals surface area contributed by atoms with E-state index >= 15 is 0 Å². The molecule has 0 radical (unpaired) electrons. The van der Waals surface area contributed by atoms with Crippen molar-refractivity contribution < 1.29 is 17.1 Å². The van der Waals surface area contributed by atoms with Gasteiger partial charge in [-0.3, -0.25) is 0 Å².